The number of likely N-dealkylation sites (N-methyl/N-ethyl adjacent to an activating group) is 1. The number of hydrogen-bond donors (Lipinski definition) is 3. The number of piperidine rings is 1. The maximum atomic E-state index is 10.8. The normalized spacial score (nSPS) is 28.6. The Kier molecular flexibility index (Phi) is 4.01. The van der Waals surface area contributed by atoms with E-state index in [1.165, 1.54) is 19.3 Å². The average molecular weight is 241 g/mol. The van der Waals surface area contributed by atoms with Gasteiger partial charge in [0.25, 0.3) is 0 Å². The number of hydrogen-bond acceptors (Lipinski definition) is 4. The maximum Gasteiger partial charge on any atom is 0.305 e. The highest BCUT2D eigenvalue weighted by molar-refractivity contribution is 5.68. The first kappa shape index (κ1) is 12.8. The molecule has 2 fully saturated rings. The molecule has 0 aromatic carbocycles. The van der Waals surface area contributed by atoms with E-state index in [0.717, 1.165) is 26.2 Å². The molecule has 0 amide bonds. The van der Waals surface area contributed by atoms with E-state index in [9.17, 15) is 4.79 Å². The van der Waals surface area contributed by atoms with E-state index in [4.69, 9.17) is 5.11 Å². The van der Waals surface area contributed by atoms with Crippen LogP contribution >= 0.6 is 0 Å². The molecule has 5 nitrogen and oxygen atoms in total. The second-order valence-corrected chi connectivity index (χ2v) is 5.47. The van der Waals surface area contributed by atoms with Crippen molar-refractivity contribution in [1.82, 2.24) is 15.5 Å². The SMILES string of the molecule is CN1CCCCC1CNC1(CC(=O)O)CNC1. The minimum absolute atomic E-state index is 0.204. The largest absolute Gasteiger partial charge is 0.481 e. The summed E-state index contributed by atoms with van der Waals surface area (Å²) >= 11 is 0. The molecular formula is C12H23N3O2. The van der Waals surface area contributed by atoms with Gasteiger partial charge in [0.05, 0.1) is 12.0 Å². The van der Waals surface area contributed by atoms with Crippen LogP contribution in [0, 0.1) is 0 Å². The third-order valence-electron chi connectivity index (χ3n) is 4.05. The summed E-state index contributed by atoms with van der Waals surface area (Å²) in [5.41, 5.74) is -0.204. The Morgan fingerprint density at radius 1 is 1.53 bits per heavy atom. The summed E-state index contributed by atoms with van der Waals surface area (Å²) in [5.74, 6) is -0.712. The molecule has 1 unspecified atom stereocenters. The minimum atomic E-state index is -0.712. The molecule has 2 aliphatic rings. The van der Waals surface area contributed by atoms with E-state index in [0.29, 0.717) is 6.04 Å². The molecule has 0 spiro atoms. The van der Waals surface area contributed by atoms with E-state index >= 15 is 0 Å². The first-order valence-electron chi connectivity index (χ1n) is 6.49. The Morgan fingerprint density at radius 2 is 2.29 bits per heavy atom. The highest BCUT2D eigenvalue weighted by Crippen LogP contribution is 2.19. The van der Waals surface area contributed by atoms with Crippen LogP contribution in [-0.2, 0) is 4.79 Å². The van der Waals surface area contributed by atoms with Crippen molar-refractivity contribution in [2.45, 2.75) is 37.3 Å². The van der Waals surface area contributed by atoms with E-state index in [1.54, 1.807) is 0 Å². The zero-order valence-electron chi connectivity index (χ0n) is 10.5. The van der Waals surface area contributed by atoms with Gasteiger partial charge in [0.15, 0.2) is 0 Å². The lowest BCUT2D eigenvalue weighted by molar-refractivity contribution is -0.139. The van der Waals surface area contributed by atoms with Gasteiger partial charge in [-0.1, -0.05) is 6.42 Å². The lowest BCUT2D eigenvalue weighted by Gasteiger charge is -2.44. The van der Waals surface area contributed by atoms with Crippen LogP contribution < -0.4 is 10.6 Å². The van der Waals surface area contributed by atoms with E-state index in [2.05, 4.69) is 22.6 Å². The molecule has 0 bridgehead atoms. The smallest absolute Gasteiger partial charge is 0.305 e. The minimum Gasteiger partial charge on any atom is -0.481 e. The molecule has 98 valence electrons. The summed E-state index contributed by atoms with van der Waals surface area (Å²) in [7, 11) is 2.16. The van der Waals surface area contributed by atoms with Gasteiger partial charge in [-0.15, -0.1) is 0 Å². The molecule has 17 heavy (non-hydrogen) atoms. The van der Waals surface area contributed by atoms with Gasteiger partial charge < -0.3 is 20.6 Å². The topological polar surface area (TPSA) is 64.6 Å². The fourth-order valence-corrected chi connectivity index (χ4v) is 2.77. The molecule has 2 saturated heterocycles. The number of nitrogens with zero attached hydrogens (tertiary/aromatic N) is 1. The molecule has 2 rings (SSSR count). The van der Waals surface area contributed by atoms with Crippen LogP contribution in [0.5, 0.6) is 0 Å². The molecule has 2 aliphatic heterocycles. The molecule has 0 aromatic rings. The van der Waals surface area contributed by atoms with E-state index in [-0.39, 0.29) is 12.0 Å². The number of carbonyl (C=O) groups is 1. The number of aliphatic carboxylic acids is 1. The van der Waals surface area contributed by atoms with E-state index < -0.39 is 5.97 Å². The molecule has 0 aromatic heterocycles. The maximum absolute atomic E-state index is 10.8. The monoisotopic (exact) mass is 241 g/mol. The summed E-state index contributed by atoms with van der Waals surface area (Å²) in [6.07, 6.45) is 4.02. The van der Waals surface area contributed by atoms with Crippen molar-refractivity contribution in [1.29, 1.82) is 0 Å². The zero-order chi connectivity index (χ0) is 12.3. The van der Waals surface area contributed by atoms with Crippen LogP contribution in [0.4, 0.5) is 0 Å². The highest BCUT2D eigenvalue weighted by Gasteiger charge is 2.39. The van der Waals surface area contributed by atoms with Gasteiger partial charge in [-0.2, -0.15) is 0 Å². The molecule has 0 aliphatic carbocycles. The highest BCUT2D eigenvalue weighted by atomic mass is 16.4. The summed E-state index contributed by atoms with van der Waals surface area (Å²) < 4.78 is 0. The third-order valence-corrected chi connectivity index (χ3v) is 4.05. The Bertz CT molecular complexity index is 279. The van der Waals surface area contributed by atoms with Crippen LogP contribution in [0.2, 0.25) is 0 Å². The van der Waals surface area contributed by atoms with Crippen LogP contribution in [-0.4, -0.2) is 60.8 Å². The molecule has 0 radical (unpaired) electrons. The lowest BCUT2D eigenvalue weighted by Crippen LogP contribution is -2.69. The van der Waals surface area contributed by atoms with Crippen LogP contribution in [0.3, 0.4) is 0 Å². The summed E-state index contributed by atoms with van der Waals surface area (Å²) in [5, 5.41) is 15.6. The fraction of sp³-hybridized carbons (Fsp3) is 0.917. The standard InChI is InChI=1S/C12H23N3O2/c1-15-5-3-2-4-10(15)7-14-12(6-11(16)17)8-13-9-12/h10,13-14H,2-9H2,1H3,(H,16,17). The Hall–Kier alpha value is -0.650. The van der Waals surface area contributed by atoms with Gasteiger partial charge in [-0.05, 0) is 26.4 Å². The second kappa shape index (κ2) is 5.33. The van der Waals surface area contributed by atoms with Gasteiger partial charge in [-0.25, -0.2) is 0 Å². The van der Waals surface area contributed by atoms with Crippen molar-refractivity contribution >= 4 is 5.97 Å². The Labute approximate surface area is 103 Å². The molecule has 2 heterocycles. The first-order valence-corrected chi connectivity index (χ1v) is 6.49. The molecule has 5 heteroatoms. The van der Waals surface area contributed by atoms with Crippen molar-refractivity contribution in [2.24, 2.45) is 0 Å². The quantitative estimate of drug-likeness (QED) is 0.626. The summed E-state index contributed by atoms with van der Waals surface area (Å²) in [6.45, 7) is 3.62. The van der Waals surface area contributed by atoms with Gasteiger partial charge in [0.1, 0.15) is 0 Å². The van der Waals surface area contributed by atoms with Crippen LogP contribution in [0.1, 0.15) is 25.7 Å². The number of likely N-dealkylation sites (tertiary alicyclic amines) is 1. The van der Waals surface area contributed by atoms with Crippen LogP contribution in [0.15, 0.2) is 0 Å². The molecule has 1 atom stereocenters. The summed E-state index contributed by atoms with van der Waals surface area (Å²) in [4.78, 5) is 13.2. The van der Waals surface area contributed by atoms with Gasteiger partial charge in [-0.3, -0.25) is 4.79 Å². The van der Waals surface area contributed by atoms with Crippen LogP contribution in [0.25, 0.3) is 0 Å². The first-order chi connectivity index (χ1) is 8.11. The Balaban J connectivity index is 1.81. The third kappa shape index (κ3) is 3.18. The zero-order valence-corrected chi connectivity index (χ0v) is 10.5. The van der Waals surface area contributed by atoms with E-state index in [1.807, 2.05) is 0 Å². The number of carboxylic acid groups (broad SMARTS) is 1. The van der Waals surface area contributed by atoms with Crippen molar-refractivity contribution in [3.63, 3.8) is 0 Å². The predicted octanol–water partition coefficient (Wildman–Crippen LogP) is -0.123. The molecule has 0 saturated carbocycles. The Morgan fingerprint density at radius 3 is 2.82 bits per heavy atom. The van der Waals surface area contributed by atoms with Gasteiger partial charge >= 0.3 is 5.97 Å². The lowest BCUT2D eigenvalue weighted by atomic mass is 9.88. The number of carboxylic acids is 1. The second-order valence-electron chi connectivity index (χ2n) is 5.47. The van der Waals surface area contributed by atoms with Crippen molar-refractivity contribution < 1.29 is 9.90 Å². The van der Waals surface area contributed by atoms with Gasteiger partial charge in [0.2, 0.25) is 0 Å². The van der Waals surface area contributed by atoms with Gasteiger partial charge in [0, 0.05) is 25.7 Å². The van der Waals surface area contributed by atoms with Crippen molar-refractivity contribution in [2.75, 3.05) is 33.2 Å². The van der Waals surface area contributed by atoms with Crippen molar-refractivity contribution in [3.05, 3.63) is 0 Å². The average Bonchev–Trinajstić information content (AvgIpc) is 2.23. The fourth-order valence-electron chi connectivity index (χ4n) is 2.77. The molecular weight excluding hydrogens is 218 g/mol. The van der Waals surface area contributed by atoms with Crippen molar-refractivity contribution in [3.8, 4) is 0 Å². The summed E-state index contributed by atoms with van der Waals surface area (Å²) in [6, 6.07) is 0.565. The number of rotatable bonds is 5. The predicted molar refractivity (Wildman–Crippen MR) is 66.1 cm³/mol. The number of nitrogens with one attached hydrogen (secondary N) is 2. The molecule has 3 N–H and O–H groups in total.